The zero-order valence-electron chi connectivity index (χ0n) is 18.4. The fourth-order valence-electron chi connectivity index (χ4n) is 3.51. The first kappa shape index (κ1) is 22.6. The second-order valence-electron chi connectivity index (χ2n) is 7.45. The SMILES string of the molecule is COc1ccc(CCNC(=O)c2ccc(/C=C3/SC4C=CC=CC4=NC3=O)cc2)cc1OC. The van der Waals surface area contributed by atoms with E-state index in [2.05, 4.69) is 10.3 Å². The van der Waals surface area contributed by atoms with Gasteiger partial charge >= 0.3 is 0 Å². The number of hydrogen-bond donors (Lipinski definition) is 1. The number of methoxy groups -OCH3 is 2. The predicted octanol–water partition coefficient (Wildman–Crippen LogP) is 4.23. The number of nitrogens with one attached hydrogen (secondary N) is 1. The Morgan fingerprint density at radius 3 is 2.64 bits per heavy atom. The van der Waals surface area contributed by atoms with Gasteiger partial charge in [0.25, 0.3) is 11.8 Å². The van der Waals surface area contributed by atoms with Gasteiger partial charge in [0.2, 0.25) is 0 Å². The molecule has 0 saturated carbocycles. The number of carbonyl (C=O) groups is 2. The van der Waals surface area contributed by atoms with Gasteiger partial charge in [-0.1, -0.05) is 36.4 Å². The molecule has 0 radical (unpaired) electrons. The Kier molecular flexibility index (Phi) is 7.10. The minimum atomic E-state index is -0.233. The summed E-state index contributed by atoms with van der Waals surface area (Å²) in [6, 6.07) is 12.9. The largest absolute Gasteiger partial charge is 0.493 e. The average Bonchev–Trinajstić information content (AvgIpc) is 2.84. The predicted molar refractivity (Wildman–Crippen MR) is 132 cm³/mol. The molecule has 1 atom stereocenters. The van der Waals surface area contributed by atoms with Crippen molar-refractivity contribution in [2.24, 2.45) is 4.99 Å². The van der Waals surface area contributed by atoms with E-state index < -0.39 is 0 Å². The lowest BCUT2D eigenvalue weighted by molar-refractivity contribution is -0.113. The van der Waals surface area contributed by atoms with Crippen LogP contribution in [0.5, 0.6) is 11.5 Å². The van der Waals surface area contributed by atoms with Gasteiger partial charge in [-0.25, -0.2) is 4.99 Å². The Bertz CT molecular complexity index is 1180. The van der Waals surface area contributed by atoms with Crippen LogP contribution in [0.2, 0.25) is 0 Å². The number of allylic oxidation sites excluding steroid dienone is 3. The third-order valence-electron chi connectivity index (χ3n) is 5.27. The summed E-state index contributed by atoms with van der Waals surface area (Å²) < 4.78 is 10.6. The maximum atomic E-state index is 12.5. The molecule has 2 amide bonds. The average molecular weight is 461 g/mol. The summed E-state index contributed by atoms with van der Waals surface area (Å²) in [6.45, 7) is 0.495. The van der Waals surface area contributed by atoms with Crippen molar-refractivity contribution in [1.29, 1.82) is 0 Å². The van der Waals surface area contributed by atoms with Crippen molar-refractivity contribution in [3.05, 3.63) is 88.4 Å². The smallest absolute Gasteiger partial charge is 0.283 e. The molecule has 168 valence electrons. The van der Waals surface area contributed by atoms with E-state index in [1.807, 2.05) is 60.7 Å². The summed E-state index contributed by atoms with van der Waals surface area (Å²) in [6.07, 6.45) is 10.2. The number of carbonyl (C=O) groups excluding carboxylic acids is 2. The minimum absolute atomic E-state index is 0.0645. The summed E-state index contributed by atoms with van der Waals surface area (Å²) in [4.78, 5) is 29.6. The highest BCUT2D eigenvalue weighted by Gasteiger charge is 2.25. The van der Waals surface area contributed by atoms with Gasteiger partial charge in [-0.15, -0.1) is 11.8 Å². The van der Waals surface area contributed by atoms with Gasteiger partial charge in [0.05, 0.1) is 30.1 Å². The van der Waals surface area contributed by atoms with Gasteiger partial charge < -0.3 is 14.8 Å². The van der Waals surface area contributed by atoms with Gasteiger partial charge in [-0.2, -0.15) is 0 Å². The van der Waals surface area contributed by atoms with E-state index in [1.165, 1.54) is 11.8 Å². The standard InChI is InChI=1S/C26H24N2O4S/c1-31-21-12-9-18(15-22(21)32-2)13-14-27-25(29)19-10-7-17(8-11-19)16-24-26(30)28-20-5-3-4-6-23(20)33-24/h3-12,15-16,23H,13-14H2,1-2H3,(H,27,29)/b24-16+. The highest BCUT2D eigenvalue weighted by molar-refractivity contribution is 8.05. The normalized spacial score (nSPS) is 18.0. The van der Waals surface area contributed by atoms with Crippen LogP contribution in [0.1, 0.15) is 21.5 Å². The third-order valence-corrected chi connectivity index (χ3v) is 6.47. The molecular formula is C26H24N2O4S. The summed E-state index contributed by atoms with van der Waals surface area (Å²) in [5, 5.41) is 3.00. The minimum Gasteiger partial charge on any atom is -0.493 e. The van der Waals surface area contributed by atoms with Crippen LogP contribution in [0.15, 0.2) is 76.7 Å². The summed E-state index contributed by atoms with van der Waals surface area (Å²) in [7, 11) is 3.20. The summed E-state index contributed by atoms with van der Waals surface area (Å²) in [5.74, 6) is 0.959. The van der Waals surface area contributed by atoms with Crippen LogP contribution in [0.25, 0.3) is 6.08 Å². The number of hydrogen-bond acceptors (Lipinski definition) is 5. The zero-order chi connectivity index (χ0) is 23.2. The summed E-state index contributed by atoms with van der Waals surface area (Å²) >= 11 is 1.49. The van der Waals surface area contributed by atoms with Crippen LogP contribution in [-0.2, 0) is 11.2 Å². The molecule has 33 heavy (non-hydrogen) atoms. The van der Waals surface area contributed by atoms with Crippen molar-refractivity contribution in [1.82, 2.24) is 5.32 Å². The Hall–Kier alpha value is -3.58. The lowest BCUT2D eigenvalue weighted by Crippen LogP contribution is -2.25. The molecule has 6 nitrogen and oxygen atoms in total. The number of rotatable bonds is 7. The fourth-order valence-corrected chi connectivity index (χ4v) is 4.55. The molecule has 1 N–H and O–H groups in total. The van der Waals surface area contributed by atoms with Gasteiger partial charge in [-0.3, -0.25) is 9.59 Å². The molecule has 0 spiro atoms. The van der Waals surface area contributed by atoms with Gasteiger partial charge in [0.1, 0.15) is 0 Å². The number of aliphatic imine (C=N–C) groups is 1. The molecule has 0 bridgehead atoms. The van der Waals surface area contributed by atoms with Crippen LogP contribution >= 0.6 is 11.8 Å². The van der Waals surface area contributed by atoms with Crippen molar-refractivity contribution in [3.8, 4) is 11.5 Å². The van der Waals surface area contributed by atoms with Crippen LogP contribution in [-0.4, -0.2) is 43.5 Å². The highest BCUT2D eigenvalue weighted by Crippen LogP contribution is 2.33. The Morgan fingerprint density at radius 2 is 1.88 bits per heavy atom. The highest BCUT2D eigenvalue weighted by atomic mass is 32.2. The van der Waals surface area contributed by atoms with Gasteiger partial charge in [-0.05, 0) is 54.0 Å². The monoisotopic (exact) mass is 460 g/mol. The van der Waals surface area contributed by atoms with Crippen LogP contribution in [0.4, 0.5) is 0 Å². The lowest BCUT2D eigenvalue weighted by atomic mass is 10.1. The molecule has 1 aliphatic carbocycles. The van der Waals surface area contributed by atoms with E-state index in [9.17, 15) is 9.59 Å². The molecule has 7 heteroatoms. The molecule has 2 aromatic carbocycles. The Labute approximate surface area is 197 Å². The van der Waals surface area contributed by atoms with E-state index in [0.717, 1.165) is 16.8 Å². The number of amides is 2. The molecule has 0 saturated heterocycles. The quantitative estimate of drug-likeness (QED) is 0.626. The molecule has 1 aliphatic heterocycles. The first-order valence-corrected chi connectivity index (χ1v) is 11.4. The molecule has 4 rings (SSSR count). The second-order valence-corrected chi connectivity index (χ2v) is 8.63. The number of ether oxygens (including phenoxy) is 2. The molecule has 0 fully saturated rings. The van der Waals surface area contributed by atoms with Crippen molar-refractivity contribution in [2.75, 3.05) is 20.8 Å². The van der Waals surface area contributed by atoms with Crippen molar-refractivity contribution < 1.29 is 19.1 Å². The molecule has 1 heterocycles. The van der Waals surface area contributed by atoms with E-state index >= 15 is 0 Å². The second kappa shape index (κ2) is 10.4. The number of nitrogens with zero attached hydrogens (tertiary/aromatic N) is 1. The van der Waals surface area contributed by atoms with Gasteiger partial charge in [0, 0.05) is 12.1 Å². The third kappa shape index (κ3) is 5.43. The molecular weight excluding hydrogens is 436 g/mol. The topological polar surface area (TPSA) is 77.0 Å². The van der Waals surface area contributed by atoms with Crippen LogP contribution < -0.4 is 14.8 Å². The van der Waals surface area contributed by atoms with E-state index in [0.29, 0.717) is 34.9 Å². The van der Waals surface area contributed by atoms with Crippen molar-refractivity contribution in [3.63, 3.8) is 0 Å². The molecule has 2 aromatic rings. The van der Waals surface area contributed by atoms with Gasteiger partial charge in [0.15, 0.2) is 11.5 Å². The van der Waals surface area contributed by atoms with Crippen molar-refractivity contribution >= 4 is 35.4 Å². The molecule has 2 aliphatic rings. The maximum Gasteiger partial charge on any atom is 0.283 e. The van der Waals surface area contributed by atoms with E-state index in [-0.39, 0.29) is 17.1 Å². The Balaban J connectivity index is 1.34. The first-order chi connectivity index (χ1) is 16.1. The lowest BCUT2D eigenvalue weighted by Gasteiger charge is -2.20. The van der Waals surface area contributed by atoms with E-state index in [1.54, 1.807) is 26.4 Å². The molecule has 1 unspecified atom stereocenters. The van der Waals surface area contributed by atoms with Crippen LogP contribution in [0.3, 0.4) is 0 Å². The molecule has 0 aromatic heterocycles. The van der Waals surface area contributed by atoms with Crippen molar-refractivity contribution in [2.45, 2.75) is 11.7 Å². The van der Waals surface area contributed by atoms with Crippen LogP contribution in [0, 0.1) is 0 Å². The number of benzene rings is 2. The Morgan fingerprint density at radius 1 is 1.09 bits per heavy atom. The zero-order valence-corrected chi connectivity index (χ0v) is 19.2. The number of fused-ring (bicyclic) bond motifs is 1. The summed E-state index contributed by atoms with van der Waals surface area (Å²) in [5.41, 5.74) is 3.23. The van der Waals surface area contributed by atoms with E-state index in [4.69, 9.17) is 9.47 Å². The maximum absolute atomic E-state index is 12.5. The number of thioether (sulfide) groups is 1. The first-order valence-electron chi connectivity index (χ1n) is 10.5. The fraction of sp³-hybridized carbons (Fsp3) is 0.192.